The van der Waals surface area contributed by atoms with Crippen LogP contribution in [0.15, 0.2) is 0 Å². The van der Waals surface area contributed by atoms with Gasteiger partial charge < -0.3 is 5.11 Å². The standard InChI is InChI=1S/C20H30BrFO2/c1-19-8-6-14-13-7-9-20(22,24)10-12(13)2-3-15(14)16(19)4-5-17(19)18(23)11-21/h12-17,24H,2-11H2,1H3/t12-,13-,14+,15+,16-,17+,19-,20+/m0/s1. The van der Waals surface area contributed by atoms with E-state index in [1.54, 1.807) is 0 Å². The van der Waals surface area contributed by atoms with Crippen molar-refractivity contribution in [3.63, 3.8) is 0 Å². The Morgan fingerprint density at radius 1 is 1.08 bits per heavy atom. The molecule has 4 saturated carbocycles. The first-order valence-electron chi connectivity index (χ1n) is 9.86. The Balaban J connectivity index is 1.54. The van der Waals surface area contributed by atoms with Crippen LogP contribution in [0.2, 0.25) is 0 Å². The summed E-state index contributed by atoms with van der Waals surface area (Å²) in [6.07, 6.45) is 8.41. The molecule has 0 spiro atoms. The molecule has 1 N–H and O–H groups in total. The lowest BCUT2D eigenvalue weighted by molar-refractivity contribution is -0.165. The first kappa shape index (κ1) is 17.5. The fourth-order valence-corrected chi connectivity index (χ4v) is 7.84. The van der Waals surface area contributed by atoms with Crippen LogP contribution in [-0.2, 0) is 4.79 Å². The molecule has 8 atom stereocenters. The van der Waals surface area contributed by atoms with Crippen LogP contribution >= 0.6 is 15.9 Å². The number of hydrogen-bond acceptors (Lipinski definition) is 2. The molecule has 0 aromatic carbocycles. The highest BCUT2D eigenvalue weighted by molar-refractivity contribution is 9.09. The van der Waals surface area contributed by atoms with E-state index in [4.69, 9.17) is 0 Å². The van der Waals surface area contributed by atoms with Crippen LogP contribution in [0.5, 0.6) is 0 Å². The quantitative estimate of drug-likeness (QED) is 0.670. The van der Waals surface area contributed by atoms with Crippen LogP contribution < -0.4 is 0 Å². The molecule has 0 radical (unpaired) electrons. The average Bonchev–Trinajstić information content (AvgIpc) is 2.90. The lowest BCUT2D eigenvalue weighted by atomic mass is 9.49. The van der Waals surface area contributed by atoms with E-state index in [-0.39, 0.29) is 11.3 Å². The number of ketones is 1. The number of fused-ring (bicyclic) bond motifs is 5. The molecule has 0 saturated heterocycles. The zero-order chi connectivity index (χ0) is 17.1. The highest BCUT2D eigenvalue weighted by atomic mass is 79.9. The number of aliphatic hydroxyl groups is 1. The van der Waals surface area contributed by atoms with E-state index in [9.17, 15) is 14.3 Å². The van der Waals surface area contributed by atoms with Gasteiger partial charge in [-0.15, -0.1) is 0 Å². The maximum absolute atomic E-state index is 14.0. The second-order valence-corrected chi connectivity index (χ2v) is 9.93. The van der Waals surface area contributed by atoms with Crippen molar-refractivity contribution in [2.24, 2.45) is 40.9 Å². The molecule has 0 aromatic heterocycles. The molecule has 2 nitrogen and oxygen atoms in total. The second-order valence-electron chi connectivity index (χ2n) is 9.37. The Bertz CT molecular complexity index is 522. The Hall–Kier alpha value is 0.0400. The summed E-state index contributed by atoms with van der Waals surface area (Å²) in [4.78, 5) is 12.4. The van der Waals surface area contributed by atoms with Crippen molar-refractivity contribution in [1.82, 2.24) is 0 Å². The summed E-state index contributed by atoms with van der Waals surface area (Å²) >= 11 is 3.38. The van der Waals surface area contributed by atoms with Gasteiger partial charge in [0.25, 0.3) is 0 Å². The van der Waals surface area contributed by atoms with Crippen LogP contribution in [0, 0.1) is 40.9 Å². The second kappa shape index (κ2) is 6.04. The van der Waals surface area contributed by atoms with Crippen molar-refractivity contribution in [3.05, 3.63) is 0 Å². The van der Waals surface area contributed by atoms with Gasteiger partial charge in [0.05, 0.1) is 5.33 Å². The van der Waals surface area contributed by atoms with E-state index in [2.05, 4.69) is 22.9 Å². The Kier molecular flexibility index (Phi) is 4.39. The predicted molar refractivity (Wildman–Crippen MR) is 95.5 cm³/mol. The lowest BCUT2D eigenvalue weighted by Gasteiger charge is -2.56. The van der Waals surface area contributed by atoms with Gasteiger partial charge in [-0.05, 0) is 80.0 Å². The van der Waals surface area contributed by atoms with Crippen molar-refractivity contribution in [3.8, 4) is 0 Å². The lowest BCUT2D eigenvalue weighted by Crippen LogP contribution is -2.50. The molecule has 4 aliphatic rings. The highest BCUT2D eigenvalue weighted by Gasteiger charge is 2.58. The summed E-state index contributed by atoms with van der Waals surface area (Å²) in [7, 11) is 0. The Morgan fingerprint density at radius 2 is 1.83 bits per heavy atom. The molecule has 0 unspecified atom stereocenters. The number of rotatable bonds is 2. The maximum atomic E-state index is 14.0. The van der Waals surface area contributed by atoms with Crippen molar-refractivity contribution in [2.45, 2.75) is 70.6 Å². The molecule has 0 bridgehead atoms. The molecule has 4 aliphatic carbocycles. The largest absolute Gasteiger partial charge is 0.362 e. The van der Waals surface area contributed by atoms with Crippen molar-refractivity contribution in [2.75, 3.05) is 5.33 Å². The monoisotopic (exact) mass is 400 g/mol. The summed E-state index contributed by atoms with van der Waals surface area (Å²) < 4.78 is 14.0. The van der Waals surface area contributed by atoms with Crippen LogP contribution in [0.1, 0.15) is 64.7 Å². The molecule has 4 heteroatoms. The number of carbonyl (C=O) groups excluding carboxylic acids is 1. The third-order valence-electron chi connectivity index (χ3n) is 8.47. The normalized spacial score (nSPS) is 53.8. The number of carbonyl (C=O) groups is 1. The van der Waals surface area contributed by atoms with Crippen LogP contribution in [0.4, 0.5) is 4.39 Å². The van der Waals surface area contributed by atoms with Gasteiger partial charge >= 0.3 is 0 Å². The Morgan fingerprint density at radius 3 is 2.58 bits per heavy atom. The van der Waals surface area contributed by atoms with Gasteiger partial charge in [0.2, 0.25) is 5.85 Å². The molecule has 0 aliphatic heterocycles. The van der Waals surface area contributed by atoms with Crippen LogP contribution in [0.3, 0.4) is 0 Å². The summed E-state index contributed by atoms with van der Waals surface area (Å²) in [6, 6.07) is 0. The molecule has 0 amide bonds. The smallest absolute Gasteiger partial charge is 0.207 e. The van der Waals surface area contributed by atoms with E-state index < -0.39 is 5.85 Å². The molecule has 0 heterocycles. The zero-order valence-corrected chi connectivity index (χ0v) is 16.2. The summed E-state index contributed by atoms with van der Waals surface area (Å²) in [5.41, 5.74) is 0.189. The molecular formula is C20H30BrFO2. The van der Waals surface area contributed by atoms with Gasteiger partial charge in [-0.3, -0.25) is 4.79 Å². The van der Waals surface area contributed by atoms with Crippen molar-refractivity contribution >= 4 is 21.7 Å². The van der Waals surface area contributed by atoms with Gasteiger partial charge in [-0.25, -0.2) is 4.39 Å². The minimum Gasteiger partial charge on any atom is -0.362 e. The zero-order valence-electron chi connectivity index (χ0n) is 14.6. The topological polar surface area (TPSA) is 37.3 Å². The first-order chi connectivity index (χ1) is 11.4. The molecule has 24 heavy (non-hydrogen) atoms. The van der Waals surface area contributed by atoms with Gasteiger partial charge in [0.15, 0.2) is 0 Å². The highest BCUT2D eigenvalue weighted by Crippen LogP contribution is 2.64. The van der Waals surface area contributed by atoms with Crippen LogP contribution in [0.25, 0.3) is 0 Å². The van der Waals surface area contributed by atoms with Gasteiger partial charge in [0.1, 0.15) is 5.78 Å². The van der Waals surface area contributed by atoms with Crippen molar-refractivity contribution in [1.29, 1.82) is 0 Å². The minimum absolute atomic E-state index is 0.189. The molecule has 4 rings (SSSR count). The number of hydrogen-bond donors (Lipinski definition) is 1. The number of alkyl halides is 2. The Labute approximate surface area is 153 Å². The van der Waals surface area contributed by atoms with Gasteiger partial charge in [-0.2, -0.15) is 0 Å². The minimum atomic E-state index is -1.92. The number of Topliss-reactive ketones (excluding diaryl/α,β-unsaturated/α-hetero) is 1. The fraction of sp³-hybridized carbons (Fsp3) is 0.950. The van der Waals surface area contributed by atoms with Crippen molar-refractivity contribution < 1.29 is 14.3 Å². The van der Waals surface area contributed by atoms with E-state index >= 15 is 0 Å². The van der Waals surface area contributed by atoms with Gasteiger partial charge in [0, 0.05) is 18.8 Å². The summed E-state index contributed by atoms with van der Waals surface area (Å²) in [5.74, 6) is 1.81. The predicted octanol–water partition coefficient (Wildman–Crippen LogP) is 4.88. The third kappa shape index (κ3) is 2.62. The third-order valence-corrected chi connectivity index (χ3v) is 9.03. The number of halogens is 2. The molecule has 4 fully saturated rings. The van der Waals surface area contributed by atoms with E-state index in [0.717, 1.165) is 31.6 Å². The average molecular weight is 401 g/mol. The van der Waals surface area contributed by atoms with Crippen LogP contribution in [-0.4, -0.2) is 22.1 Å². The summed E-state index contributed by atoms with van der Waals surface area (Å²) in [5, 5.41) is 10.3. The van der Waals surface area contributed by atoms with Gasteiger partial charge in [-0.1, -0.05) is 22.9 Å². The maximum Gasteiger partial charge on any atom is 0.207 e. The van der Waals surface area contributed by atoms with E-state index in [1.165, 1.54) is 19.3 Å². The summed E-state index contributed by atoms with van der Waals surface area (Å²) in [6.45, 7) is 2.37. The SMILES string of the molecule is C[C@]12CC[C@H]3[C@@H](CC[C@H]4C[C@@](O)(F)CC[C@@H]43)[C@@H]1CC[C@@H]2C(=O)CBr. The van der Waals surface area contributed by atoms with E-state index in [0.29, 0.717) is 47.6 Å². The molecule has 0 aromatic rings. The fourth-order valence-electron chi connectivity index (χ4n) is 7.45. The molecular weight excluding hydrogens is 371 g/mol. The molecule has 136 valence electrons. The first-order valence-corrected chi connectivity index (χ1v) is 11.0. The van der Waals surface area contributed by atoms with E-state index in [1.807, 2.05) is 0 Å².